The highest BCUT2D eigenvalue weighted by Crippen LogP contribution is 2.06. The topological polar surface area (TPSA) is 84.6 Å². The first-order valence-electron chi connectivity index (χ1n) is 5.38. The van der Waals surface area contributed by atoms with Crippen molar-refractivity contribution < 1.29 is 14.7 Å². The third kappa shape index (κ3) is 4.72. The third-order valence-electron chi connectivity index (χ3n) is 2.65. The van der Waals surface area contributed by atoms with E-state index < -0.39 is 11.9 Å². The second kappa shape index (κ2) is 6.74. The van der Waals surface area contributed by atoms with Gasteiger partial charge >= 0.3 is 12.0 Å². The highest BCUT2D eigenvalue weighted by Gasteiger charge is 2.22. The van der Waals surface area contributed by atoms with Gasteiger partial charge in [0.15, 0.2) is 0 Å². The van der Waals surface area contributed by atoms with Gasteiger partial charge in [0.1, 0.15) is 0 Å². The molecule has 2 unspecified atom stereocenters. The van der Waals surface area contributed by atoms with Gasteiger partial charge in [-0.25, -0.2) is 4.79 Å². The molecule has 6 nitrogen and oxygen atoms in total. The van der Waals surface area contributed by atoms with Crippen molar-refractivity contribution in [3.05, 3.63) is 0 Å². The van der Waals surface area contributed by atoms with Crippen LogP contribution in [0.3, 0.4) is 0 Å². The Morgan fingerprint density at radius 3 is 2.29 bits per heavy atom. The molecule has 96 valence electrons. The Morgan fingerprint density at radius 1 is 1.35 bits per heavy atom. The maximum Gasteiger partial charge on any atom is 0.319 e. The van der Waals surface area contributed by atoms with E-state index in [1.807, 2.05) is 6.07 Å². The highest BCUT2D eigenvalue weighted by molar-refractivity contribution is 5.75. The average Bonchev–Trinajstić information content (AvgIpc) is 2.26. The standard InChI is InChI=1S/C11H19N3O3/c1-8(10(15)16)7-13(3)11(17)14(4)9(2)5-6-12/h8-9H,5,7H2,1-4H3,(H,15,16). The molecule has 0 aromatic heterocycles. The van der Waals surface area contributed by atoms with Gasteiger partial charge in [-0.1, -0.05) is 6.92 Å². The molecule has 0 aromatic carbocycles. The maximum absolute atomic E-state index is 11.9. The molecule has 0 radical (unpaired) electrons. The van der Waals surface area contributed by atoms with Crippen LogP contribution in [0.25, 0.3) is 0 Å². The van der Waals surface area contributed by atoms with Crippen molar-refractivity contribution in [2.45, 2.75) is 26.3 Å². The summed E-state index contributed by atoms with van der Waals surface area (Å²) < 4.78 is 0. The van der Waals surface area contributed by atoms with E-state index in [-0.39, 0.29) is 25.0 Å². The van der Waals surface area contributed by atoms with E-state index in [9.17, 15) is 9.59 Å². The first kappa shape index (κ1) is 15.2. The predicted molar refractivity (Wildman–Crippen MR) is 62.3 cm³/mol. The van der Waals surface area contributed by atoms with Gasteiger partial charge in [0.25, 0.3) is 0 Å². The fourth-order valence-electron chi connectivity index (χ4n) is 1.29. The van der Waals surface area contributed by atoms with Crippen LogP contribution in [0.2, 0.25) is 0 Å². The lowest BCUT2D eigenvalue weighted by atomic mass is 10.2. The third-order valence-corrected chi connectivity index (χ3v) is 2.65. The molecule has 0 aliphatic rings. The zero-order valence-electron chi connectivity index (χ0n) is 10.7. The lowest BCUT2D eigenvalue weighted by molar-refractivity contribution is -0.141. The Morgan fingerprint density at radius 2 is 1.88 bits per heavy atom. The number of aliphatic carboxylic acids is 1. The van der Waals surface area contributed by atoms with Crippen LogP contribution in [0.4, 0.5) is 4.79 Å². The summed E-state index contributed by atoms with van der Waals surface area (Å²) in [7, 11) is 3.16. The zero-order valence-corrected chi connectivity index (χ0v) is 10.7. The molecular weight excluding hydrogens is 222 g/mol. The molecule has 0 heterocycles. The van der Waals surface area contributed by atoms with Crippen molar-refractivity contribution in [3.63, 3.8) is 0 Å². The van der Waals surface area contributed by atoms with Crippen LogP contribution >= 0.6 is 0 Å². The molecule has 0 fully saturated rings. The smallest absolute Gasteiger partial charge is 0.319 e. The number of hydrogen-bond donors (Lipinski definition) is 1. The summed E-state index contributed by atoms with van der Waals surface area (Å²) in [6.07, 6.45) is 0.255. The van der Waals surface area contributed by atoms with E-state index >= 15 is 0 Å². The number of amides is 2. The minimum Gasteiger partial charge on any atom is -0.481 e. The zero-order chi connectivity index (χ0) is 13.6. The van der Waals surface area contributed by atoms with Crippen LogP contribution in [0, 0.1) is 17.2 Å². The molecule has 0 bridgehead atoms. The first-order valence-corrected chi connectivity index (χ1v) is 5.38. The molecular formula is C11H19N3O3. The van der Waals surface area contributed by atoms with Crippen LogP contribution in [-0.4, -0.2) is 53.6 Å². The fraction of sp³-hybridized carbons (Fsp3) is 0.727. The monoisotopic (exact) mass is 241 g/mol. The number of rotatable bonds is 5. The first-order chi connectivity index (χ1) is 7.81. The lowest BCUT2D eigenvalue weighted by Crippen LogP contribution is -2.45. The Balaban J connectivity index is 4.40. The quantitative estimate of drug-likeness (QED) is 0.778. The molecule has 0 rings (SSSR count). The summed E-state index contributed by atoms with van der Waals surface area (Å²) in [5, 5.41) is 17.3. The maximum atomic E-state index is 11.9. The molecule has 2 amide bonds. The summed E-state index contributed by atoms with van der Waals surface area (Å²) in [5.74, 6) is -1.54. The van der Waals surface area contributed by atoms with Crippen molar-refractivity contribution in [3.8, 4) is 6.07 Å². The van der Waals surface area contributed by atoms with E-state index in [1.165, 1.54) is 9.80 Å². The molecule has 1 N–H and O–H groups in total. The van der Waals surface area contributed by atoms with Gasteiger partial charge in [0.05, 0.1) is 18.4 Å². The Bertz CT molecular complexity index is 324. The van der Waals surface area contributed by atoms with E-state index in [0.29, 0.717) is 0 Å². The van der Waals surface area contributed by atoms with Gasteiger partial charge in [-0.15, -0.1) is 0 Å². The molecule has 17 heavy (non-hydrogen) atoms. The second-order valence-electron chi connectivity index (χ2n) is 4.22. The number of carbonyl (C=O) groups is 2. The molecule has 2 atom stereocenters. The van der Waals surface area contributed by atoms with Gasteiger partial charge in [-0.2, -0.15) is 5.26 Å². The summed E-state index contributed by atoms with van der Waals surface area (Å²) in [5.41, 5.74) is 0. The van der Waals surface area contributed by atoms with Crippen molar-refractivity contribution >= 4 is 12.0 Å². The minimum absolute atomic E-state index is 0.151. The molecule has 0 saturated heterocycles. The normalized spacial score (nSPS) is 13.4. The predicted octanol–water partition coefficient (Wildman–Crippen LogP) is 0.993. The average molecular weight is 241 g/mol. The van der Waals surface area contributed by atoms with E-state index in [0.717, 1.165) is 0 Å². The van der Waals surface area contributed by atoms with Crippen molar-refractivity contribution in [2.24, 2.45) is 5.92 Å². The van der Waals surface area contributed by atoms with Crippen LogP contribution in [0.1, 0.15) is 20.3 Å². The number of carbonyl (C=O) groups excluding carboxylic acids is 1. The SMILES string of the molecule is CC(CN(C)C(=O)N(C)C(C)CC#N)C(=O)O. The number of nitriles is 1. The molecule has 0 aliphatic heterocycles. The summed E-state index contributed by atoms with van der Waals surface area (Å²) in [4.78, 5) is 25.3. The Labute approximate surface area is 101 Å². The Hall–Kier alpha value is -1.77. The number of urea groups is 1. The van der Waals surface area contributed by atoms with Gasteiger partial charge in [0, 0.05) is 26.7 Å². The minimum atomic E-state index is -0.933. The van der Waals surface area contributed by atoms with Crippen LogP contribution in [0.5, 0.6) is 0 Å². The van der Waals surface area contributed by atoms with Gasteiger partial charge < -0.3 is 14.9 Å². The van der Waals surface area contributed by atoms with Crippen molar-refractivity contribution in [1.29, 1.82) is 5.26 Å². The van der Waals surface area contributed by atoms with E-state index in [1.54, 1.807) is 27.9 Å². The second-order valence-corrected chi connectivity index (χ2v) is 4.22. The van der Waals surface area contributed by atoms with Crippen molar-refractivity contribution in [2.75, 3.05) is 20.6 Å². The molecule has 0 spiro atoms. The fourth-order valence-corrected chi connectivity index (χ4v) is 1.29. The van der Waals surface area contributed by atoms with Crippen LogP contribution in [-0.2, 0) is 4.79 Å². The molecule has 0 aromatic rings. The van der Waals surface area contributed by atoms with Crippen LogP contribution in [0.15, 0.2) is 0 Å². The summed E-state index contributed by atoms with van der Waals surface area (Å²) >= 11 is 0. The van der Waals surface area contributed by atoms with E-state index in [2.05, 4.69) is 0 Å². The summed E-state index contributed by atoms with van der Waals surface area (Å²) in [6.45, 7) is 3.47. The van der Waals surface area contributed by atoms with E-state index in [4.69, 9.17) is 10.4 Å². The lowest BCUT2D eigenvalue weighted by Gasteiger charge is -2.29. The summed E-state index contributed by atoms with van der Waals surface area (Å²) in [6, 6.07) is 1.53. The van der Waals surface area contributed by atoms with Gasteiger partial charge in [-0.05, 0) is 6.92 Å². The molecule has 0 saturated carbocycles. The number of carboxylic acids is 1. The number of nitrogens with zero attached hydrogens (tertiary/aromatic N) is 3. The van der Waals surface area contributed by atoms with Crippen molar-refractivity contribution in [1.82, 2.24) is 9.80 Å². The highest BCUT2D eigenvalue weighted by atomic mass is 16.4. The van der Waals surface area contributed by atoms with Crippen LogP contribution < -0.4 is 0 Å². The number of carboxylic acid groups (broad SMARTS) is 1. The van der Waals surface area contributed by atoms with Gasteiger partial charge in [0.2, 0.25) is 0 Å². The largest absolute Gasteiger partial charge is 0.481 e. The molecule has 6 heteroatoms. The number of hydrogen-bond acceptors (Lipinski definition) is 3. The van der Waals surface area contributed by atoms with Gasteiger partial charge in [-0.3, -0.25) is 4.79 Å². The Kier molecular flexibility index (Phi) is 6.03. The molecule has 0 aliphatic carbocycles.